The van der Waals surface area contributed by atoms with Gasteiger partial charge in [0.25, 0.3) is 0 Å². The van der Waals surface area contributed by atoms with Crippen LogP contribution in [0, 0.1) is 5.82 Å². The largest absolute Gasteiger partial charge is 0.456 e. The Hall–Kier alpha value is -4.93. The molecule has 0 atom stereocenters. The van der Waals surface area contributed by atoms with E-state index in [0.717, 1.165) is 50.1 Å². The van der Waals surface area contributed by atoms with Crippen LogP contribution in [-0.2, 0) is 0 Å². The third kappa shape index (κ3) is 3.69. The van der Waals surface area contributed by atoms with E-state index in [9.17, 15) is 4.39 Å². The molecule has 8 rings (SSSR count). The summed E-state index contributed by atoms with van der Waals surface area (Å²) < 4.78 is 22.3. The number of hydrogen-bond acceptors (Lipinski definition) is 3. The highest BCUT2D eigenvalue weighted by atomic mass is 32.1. The number of thiophene rings is 1. The minimum absolute atomic E-state index is 0.233. The van der Waals surface area contributed by atoms with Crippen molar-refractivity contribution in [3.8, 4) is 11.1 Å². The lowest BCUT2D eigenvalue weighted by Crippen LogP contribution is -2.10. The van der Waals surface area contributed by atoms with Crippen LogP contribution in [0.2, 0.25) is 0 Å². The lowest BCUT2D eigenvalue weighted by atomic mass is 10.0. The minimum atomic E-state index is -0.233. The molecule has 6 aromatic carbocycles. The number of hydrogen-bond donors (Lipinski definition) is 0. The summed E-state index contributed by atoms with van der Waals surface area (Å²) in [5, 5.41) is 4.70. The molecular formula is C36H22FNOS. The summed E-state index contributed by atoms with van der Waals surface area (Å²) in [6.45, 7) is 0. The maximum Gasteiger partial charge on any atom is 0.137 e. The molecule has 190 valence electrons. The Bertz CT molecular complexity index is 2170. The molecule has 0 radical (unpaired) electrons. The molecular weight excluding hydrogens is 513 g/mol. The van der Waals surface area contributed by atoms with Crippen molar-refractivity contribution in [1.29, 1.82) is 0 Å². The van der Waals surface area contributed by atoms with Gasteiger partial charge in [-0.25, -0.2) is 4.39 Å². The summed E-state index contributed by atoms with van der Waals surface area (Å²) in [5.74, 6) is -0.233. The molecule has 2 aromatic heterocycles. The highest BCUT2D eigenvalue weighted by Gasteiger charge is 2.19. The van der Waals surface area contributed by atoms with Gasteiger partial charge in [-0.15, -0.1) is 11.3 Å². The maximum absolute atomic E-state index is 13.5. The monoisotopic (exact) mass is 535 g/mol. The summed E-state index contributed by atoms with van der Waals surface area (Å²) in [6.07, 6.45) is 0. The number of halogens is 1. The molecule has 0 aliphatic rings. The Morgan fingerprint density at radius 3 is 2.00 bits per heavy atom. The number of rotatable bonds is 4. The second-order valence-electron chi connectivity index (χ2n) is 9.92. The molecule has 0 bridgehead atoms. The van der Waals surface area contributed by atoms with Gasteiger partial charge in [-0.2, -0.15) is 0 Å². The number of nitrogens with zero attached hydrogens (tertiary/aromatic N) is 1. The van der Waals surface area contributed by atoms with Crippen molar-refractivity contribution in [3.63, 3.8) is 0 Å². The van der Waals surface area contributed by atoms with E-state index >= 15 is 0 Å². The van der Waals surface area contributed by atoms with E-state index in [-0.39, 0.29) is 5.82 Å². The van der Waals surface area contributed by atoms with Gasteiger partial charge in [0.1, 0.15) is 17.0 Å². The highest BCUT2D eigenvalue weighted by molar-refractivity contribution is 7.26. The van der Waals surface area contributed by atoms with Crippen molar-refractivity contribution >= 4 is 70.5 Å². The van der Waals surface area contributed by atoms with Gasteiger partial charge in [0.2, 0.25) is 0 Å². The van der Waals surface area contributed by atoms with E-state index in [2.05, 4.69) is 95.9 Å². The van der Waals surface area contributed by atoms with Crippen molar-refractivity contribution < 1.29 is 8.81 Å². The van der Waals surface area contributed by atoms with Gasteiger partial charge in [-0.1, -0.05) is 66.7 Å². The van der Waals surface area contributed by atoms with Crippen LogP contribution >= 0.6 is 11.3 Å². The Morgan fingerprint density at radius 1 is 0.525 bits per heavy atom. The van der Waals surface area contributed by atoms with Gasteiger partial charge < -0.3 is 9.32 Å². The van der Waals surface area contributed by atoms with Gasteiger partial charge in [-0.3, -0.25) is 0 Å². The molecule has 2 heterocycles. The number of para-hydroxylation sites is 1. The Kier molecular flexibility index (Phi) is 5.22. The standard InChI is InChI=1S/C36H22FNOS/c37-25-16-12-23(13-17-25)24-14-18-26(19-15-24)38(27-20-21-29-28-6-1-3-9-32(28)39-33(29)22-27)31-8-5-11-35-36(31)30-7-2-4-10-34(30)40-35/h1-22H. The number of furan rings is 1. The molecule has 0 N–H and O–H groups in total. The quantitative estimate of drug-likeness (QED) is 0.223. The van der Waals surface area contributed by atoms with Crippen molar-refractivity contribution in [2.75, 3.05) is 4.90 Å². The van der Waals surface area contributed by atoms with Crippen LogP contribution in [-0.4, -0.2) is 0 Å². The Labute approximate surface area is 234 Å². The molecule has 0 aliphatic carbocycles. The first-order chi connectivity index (χ1) is 19.7. The number of anilines is 3. The van der Waals surface area contributed by atoms with E-state index < -0.39 is 0 Å². The van der Waals surface area contributed by atoms with E-state index in [0.29, 0.717) is 0 Å². The van der Waals surface area contributed by atoms with Crippen molar-refractivity contribution in [2.45, 2.75) is 0 Å². The van der Waals surface area contributed by atoms with E-state index in [1.165, 1.54) is 32.3 Å². The van der Waals surface area contributed by atoms with Gasteiger partial charge in [0, 0.05) is 48.4 Å². The van der Waals surface area contributed by atoms with Crippen LogP contribution < -0.4 is 4.90 Å². The fourth-order valence-corrected chi connectivity index (χ4v) is 6.80. The molecule has 4 heteroatoms. The predicted molar refractivity (Wildman–Crippen MR) is 167 cm³/mol. The average Bonchev–Trinajstić information content (AvgIpc) is 3.56. The molecule has 0 unspecified atom stereocenters. The third-order valence-electron chi connectivity index (χ3n) is 7.55. The van der Waals surface area contributed by atoms with Crippen molar-refractivity contribution in [3.05, 3.63) is 139 Å². The van der Waals surface area contributed by atoms with Gasteiger partial charge in [0.05, 0.1) is 5.69 Å². The van der Waals surface area contributed by atoms with Gasteiger partial charge >= 0.3 is 0 Å². The van der Waals surface area contributed by atoms with Crippen LogP contribution in [0.4, 0.5) is 21.5 Å². The maximum atomic E-state index is 13.5. The second-order valence-corrected chi connectivity index (χ2v) is 11.0. The Balaban J connectivity index is 1.35. The fraction of sp³-hybridized carbons (Fsp3) is 0. The normalized spacial score (nSPS) is 11.6. The summed E-state index contributed by atoms with van der Waals surface area (Å²) in [5.41, 5.74) is 6.92. The second kappa shape index (κ2) is 9.08. The molecule has 0 aliphatic heterocycles. The van der Waals surface area contributed by atoms with Crippen LogP contribution in [0.15, 0.2) is 138 Å². The first-order valence-corrected chi connectivity index (χ1v) is 14.0. The van der Waals surface area contributed by atoms with Crippen molar-refractivity contribution in [1.82, 2.24) is 0 Å². The van der Waals surface area contributed by atoms with Gasteiger partial charge in [-0.05, 0) is 71.8 Å². The zero-order valence-electron chi connectivity index (χ0n) is 21.3. The molecule has 0 spiro atoms. The molecule has 8 aromatic rings. The molecule has 0 amide bonds. The van der Waals surface area contributed by atoms with E-state index in [4.69, 9.17) is 4.42 Å². The predicted octanol–water partition coefficient (Wildman–Crippen LogP) is 11.2. The zero-order chi connectivity index (χ0) is 26.6. The summed E-state index contributed by atoms with van der Waals surface area (Å²) in [4.78, 5) is 2.31. The first-order valence-electron chi connectivity index (χ1n) is 13.2. The minimum Gasteiger partial charge on any atom is -0.456 e. The summed E-state index contributed by atoms with van der Waals surface area (Å²) >= 11 is 1.81. The molecule has 0 saturated carbocycles. The topological polar surface area (TPSA) is 16.4 Å². The molecule has 0 fully saturated rings. The third-order valence-corrected chi connectivity index (χ3v) is 8.68. The summed E-state index contributed by atoms with van der Waals surface area (Å²) in [6, 6.07) is 44.8. The molecule has 40 heavy (non-hydrogen) atoms. The highest BCUT2D eigenvalue weighted by Crippen LogP contribution is 2.45. The first kappa shape index (κ1) is 23.0. The zero-order valence-corrected chi connectivity index (χ0v) is 22.2. The average molecular weight is 536 g/mol. The number of fused-ring (bicyclic) bond motifs is 6. The summed E-state index contributed by atoms with van der Waals surface area (Å²) in [7, 11) is 0. The molecule has 2 nitrogen and oxygen atoms in total. The fourth-order valence-electron chi connectivity index (χ4n) is 5.67. The Morgan fingerprint density at radius 2 is 1.18 bits per heavy atom. The lowest BCUT2D eigenvalue weighted by Gasteiger charge is -2.26. The van der Waals surface area contributed by atoms with E-state index in [1.54, 1.807) is 0 Å². The van der Waals surface area contributed by atoms with Crippen molar-refractivity contribution in [2.24, 2.45) is 0 Å². The van der Waals surface area contributed by atoms with Crippen LogP contribution in [0.25, 0.3) is 53.2 Å². The number of benzene rings is 6. The molecule has 0 saturated heterocycles. The smallest absolute Gasteiger partial charge is 0.137 e. The van der Waals surface area contributed by atoms with Crippen LogP contribution in [0.3, 0.4) is 0 Å². The lowest BCUT2D eigenvalue weighted by molar-refractivity contribution is 0.628. The SMILES string of the molecule is Fc1ccc(-c2ccc(N(c3ccc4c(c3)oc3ccccc34)c3cccc4sc5ccccc5c34)cc2)cc1. The van der Waals surface area contributed by atoms with Crippen LogP contribution in [0.1, 0.15) is 0 Å². The van der Waals surface area contributed by atoms with Gasteiger partial charge in [0.15, 0.2) is 0 Å². The van der Waals surface area contributed by atoms with E-state index in [1.807, 2.05) is 41.7 Å². The van der Waals surface area contributed by atoms with Crippen LogP contribution in [0.5, 0.6) is 0 Å².